The van der Waals surface area contributed by atoms with E-state index in [0.717, 1.165) is 5.56 Å². The maximum atomic E-state index is 9.16. The van der Waals surface area contributed by atoms with E-state index >= 15 is 0 Å². The number of benzene rings is 2. The highest BCUT2D eigenvalue weighted by Crippen LogP contribution is 2.39. The topological polar surface area (TPSA) is 77.5 Å². The molecule has 0 aromatic heterocycles. The zero-order valence-electron chi connectivity index (χ0n) is 11.9. The van der Waals surface area contributed by atoms with Crippen molar-refractivity contribution in [2.24, 2.45) is 5.73 Å². The molecule has 5 nitrogen and oxygen atoms in total. The van der Waals surface area contributed by atoms with E-state index in [4.69, 9.17) is 25.2 Å². The van der Waals surface area contributed by atoms with Gasteiger partial charge in [-0.25, -0.2) is 0 Å². The van der Waals surface area contributed by atoms with E-state index in [1.54, 1.807) is 12.1 Å². The predicted octanol–water partition coefficient (Wildman–Crippen LogP) is 2.26. The minimum Gasteiger partial charge on any atom is -0.488 e. The van der Waals surface area contributed by atoms with E-state index in [0.29, 0.717) is 23.9 Å². The van der Waals surface area contributed by atoms with Crippen molar-refractivity contribution in [3.8, 4) is 23.3 Å². The lowest BCUT2D eigenvalue weighted by Crippen LogP contribution is -2.40. The molecule has 22 heavy (non-hydrogen) atoms. The molecule has 2 unspecified atom stereocenters. The van der Waals surface area contributed by atoms with Gasteiger partial charge < -0.3 is 19.9 Å². The van der Waals surface area contributed by atoms with Crippen LogP contribution in [0.4, 0.5) is 0 Å². The van der Waals surface area contributed by atoms with Crippen LogP contribution in [0.2, 0.25) is 0 Å². The van der Waals surface area contributed by atoms with Crippen LogP contribution in [0.3, 0.4) is 0 Å². The molecule has 2 N–H and O–H groups in total. The normalized spacial score (nSPS) is 19.8. The smallest absolute Gasteiger partial charge is 0.205 e. The van der Waals surface area contributed by atoms with Crippen molar-refractivity contribution < 1.29 is 14.2 Å². The van der Waals surface area contributed by atoms with Crippen LogP contribution in [0, 0.1) is 11.3 Å². The first-order valence-electron chi connectivity index (χ1n) is 7.02. The highest BCUT2D eigenvalue weighted by atomic mass is 16.6. The Morgan fingerprint density at radius 3 is 2.77 bits per heavy atom. The van der Waals surface area contributed by atoms with Crippen LogP contribution in [0.15, 0.2) is 48.5 Å². The van der Waals surface area contributed by atoms with Crippen molar-refractivity contribution in [1.82, 2.24) is 0 Å². The third-order valence-corrected chi connectivity index (χ3v) is 3.37. The third-order valence-electron chi connectivity index (χ3n) is 3.37. The Kier molecular flexibility index (Phi) is 4.12. The van der Waals surface area contributed by atoms with E-state index in [1.165, 1.54) is 0 Å². The summed E-state index contributed by atoms with van der Waals surface area (Å²) in [6.07, 6.45) is -0.761. The molecular weight excluding hydrogens is 280 g/mol. The van der Waals surface area contributed by atoms with E-state index in [2.05, 4.69) is 6.07 Å². The Morgan fingerprint density at radius 2 is 2.00 bits per heavy atom. The van der Waals surface area contributed by atoms with Crippen molar-refractivity contribution in [1.29, 1.82) is 5.26 Å². The lowest BCUT2D eigenvalue weighted by Gasteiger charge is -2.16. The number of ether oxygens (including phenoxy) is 3. The first kappa shape index (κ1) is 14.2. The summed E-state index contributed by atoms with van der Waals surface area (Å²) in [6.45, 7) is 0.636. The SMILES string of the molecule is N#CC1Oc2c(OCc3ccccc3)cccc2OCC1N. The summed E-state index contributed by atoms with van der Waals surface area (Å²) in [5.41, 5.74) is 6.92. The number of hydrogen-bond acceptors (Lipinski definition) is 5. The fourth-order valence-corrected chi connectivity index (χ4v) is 2.18. The first-order valence-corrected chi connectivity index (χ1v) is 7.02. The number of nitrogens with zero attached hydrogens (tertiary/aromatic N) is 1. The standard InChI is InChI=1S/C17H16N2O3/c18-9-16-13(19)11-21-15-8-4-7-14(17(15)22-16)20-10-12-5-2-1-3-6-12/h1-8,13,16H,10-11,19H2. The Labute approximate surface area is 128 Å². The van der Waals surface area contributed by atoms with Gasteiger partial charge in [0.25, 0.3) is 0 Å². The Morgan fingerprint density at radius 1 is 1.18 bits per heavy atom. The molecule has 1 aliphatic heterocycles. The molecule has 5 heteroatoms. The largest absolute Gasteiger partial charge is 0.488 e. The summed E-state index contributed by atoms with van der Waals surface area (Å²) in [5.74, 6) is 1.51. The van der Waals surface area contributed by atoms with Crippen LogP contribution in [-0.2, 0) is 6.61 Å². The molecule has 3 rings (SSSR count). The average Bonchev–Trinajstić information content (AvgIpc) is 2.73. The van der Waals surface area contributed by atoms with Gasteiger partial charge in [-0.15, -0.1) is 0 Å². The molecule has 0 aliphatic carbocycles. The Hall–Kier alpha value is -2.71. The number of para-hydroxylation sites is 1. The maximum absolute atomic E-state index is 9.16. The number of rotatable bonds is 3. The third kappa shape index (κ3) is 2.97. The summed E-state index contributed by atoms with van der Waals surface area (Å²) in [7, 11) is 0. The van der Waals surface area contributed by atoms with Gasteiger partial charge in [-0.3, -0.25) is 0 Å². The second kappa shape index (κ2) is 6.37. The van der Waals surface area contributed by atoms with Crippen LogP contribution < -0.4 is 19.9 Å². The predicted molar refractivity (Wildman–Crippen MR) is 80.7 cm³/mol. The minimum absolute atomic E-state index is 0.230. The summed E-state index contributed by atoms with van der Waals surface area (Å²) in [5, 5.41) is 9.16. The van der Waals surface area contributed by atoms with E-state index in [1.807, 2.05) is 36.4 Å². The van der Waals surface area contributed by atoms with Gasteiger partial charge in [0.2, 0.25) is 11.9 Å². The fourth-order valence-electron chi connectivity index (χ4n) is 2.18. The number of hydrogen-bond donors (Lipinski definition) is 1. The maximum Gasteiger partial charge on any atom is 0.205 e. The number of nitriles is 1. The molecule has 112 valence electrons. The van der Waals surface area contributed by atoms with Gasteiger partial charge in [-0.05, 0) is 17.7 Å². The van der Waals surface area contributed by atoms with E-state index in [-0.39, 0.29) is 6.61 Å². The molecule has 0 fully saturated rings. The molecule has 2 aromatic carbocycles. The van der Waals surface area contributed by atoms with Crippen molar-refractivity contribution in [2.75, 3.05) is 6.61 Å². The van der Waals surface area contributed by atoms with Gasteiger partial charge >= 0.3 is 0 Å². The highest BCUT2D eigenvalue weighted by molar-refractivity contribution is 5.52. The van der Waals surface area contributed by atoms with Crippen molar-refractivity contribution in [2.45, 2.75) is 18.8 Å². The van der Waals surface area contributed by atoms with Gasteiger partial charge in [-0.2, -0.15) is 5.26 Å². The summed E-state index contributed by atoms with van der Waals surface area (Å²) in [6, 6.07) is 16.8. The molecule has 0 spiro atoms. The monoisotopic (exact) mass is 296 g/mol. The Bertz CT molecular complexity index is 682. The Balaban J connectivity index is 1.83. The molecule has 0 radical (unpaired) electrons. The quantitative estimate of drug-likeness (QED) is 0.940. The zero-order chi connectivity index (χ0) is 15.4. The van der Waals surface area contributed by atoms with Gasteiger partial charge in [0, 0.05) is 0 Å². The summed E-state index contributed by atoms with van der Waals surface area (Å²) < 4.78 is 17.1. The molecule has 0 saturated heterocycles. The van der Waals surface area contributed by atoms with Gasteiger partial charge in [0.05, 0.1) is 6.04 Å². The molecular formula is C17H16N2O3. The molecule has 0 saturated carbocycles. The fraction of sp³-hybridized carbons (Fsp3) is 0.235. The molecule has 0 amide bonds. The average molecular weight is 296 g/mol. The highest BCUT2D eigenvalue weighted by Gasteiger charge is 2.27. The first-order chi connectivity index (χ1) is 10.8. The lowest BCUT2D eigenvalue weighted by atomic mass is 10.2. The van der Waals surface area contributed by atoms with Gasteiger partial charge in [0.1, 0.15) is 19.3 Å². The number of nitrogens with two attached hydrogens (primary N) is 1. The van der Waals surface area contributed by atoms with Crippen molar-refractivity contribution in [3.63, 3.8) is 0 Å². The molecule has 1 aliphatic rings. The van der Waals surface area contributed by atoms with Crippen LogP contribution in [0.5, 0.6) is 17.2 Å². The lowest BCUT2D eigenvalue weighted by molar-refractivity contribution is 0.203. The van der Waals surface area contributed by atoms with E-state index in [9.17, 15) is 0 Å². The van der Waals surface area contributed by atoms with Gasteiger partial charge in [0.15, 0.2) is 11.5 Å². The zero-order valence-corrected chi connectivity index (χ0v) is 11.9. The van der Waals surface area contributed by atoms with Crippen molar-refractivity contribution in [3.05, 3.63) is 54.1 Å². The molecule has 0 bridgehead atoms. The summed E-state index contributed by atoms with van der Waals surface area (Å²) >= 11 is 0. The summed E-state index contributed by atoms with van der Waals surface area (Å²) in [4.78, 5) is 0. The molecule has 2 aromatic rings. The van der Waals surface area contributed by atoms with Crippen LogP contribution in [-0.4, -0.2) is 18.8 Å². The molecule has 1 heterocycles. The van der Waals surface area contributed by atoms with Crippen molar-refractivity contribution >= 4 is 0 Å². The second-order valence-corrected chi connectivity index (χ2v) is 5.00. The van der Waals surface area contributed by atoms with Crippen LogP contribution in [0.25, 0.3) is 0 Å². The second-order valence-electron chi connectivity index (χ2n) is 5.00. The minimum atomic E-state index is -0.761. The van der Waals surface area contributed by atoms with Crippen LogP contribution >= 0.6 is 0 Å². The van der Waals surface area contributed by atoms with Gasteiger partial charge in [-0.1, -0.05) is 36.4 Å². The van der Waals surface area contributed by atoms with E-state index < -0.39 is 12.1 Å². The number of fused-ring (bicyclic) bond motifs is 1. The molecule has 2 atom stereocenters. The van der Waals surface area contributed by atoms with Crippen LogP contribution in [0.1, 0.15) is 5.56 Å².